The summed E-state index contributed by atoms with van der Waals surface area (Å²) < 4.78 is 11.7. The van der Waals surface area contributed by atoms with Crippen molar-refractivity contribution in [2.75, 3.05) is 0 Å². The van der Waals surface area contributed by atoms with Crippen molar-refractivity contribution in [2.45, 2.75) is 38.4 Å². The molecular formula is C14H15BrN2O3. The fourth-order valence-corrected chi connectivity index (χ4v) is 2.33. The van der Waals surface area contributed by atoms with Crippen LogP contribution in [0.15, 0.2) is 27.2 Å². The fraction of sp³-hybridized carbons (Fsp3) is 0.429. The summed E-state index contributed by atoms with van der Waals surface area (Å²) in [7, 11) is 0. The van der Waals surface area contributed by atoms with Gasteiger partial charge in [0.15, 0.2) is 12.4 Å². The molecule has 0 amide bonds. The molecule has 0 spiro atoms. The van der Waals surface area contributed by atoms with Crippen LogP contribution in [0.2, 0.25) is 0 Å². The SMILES string of the molecule is C[C@@H](O)c1cc(Br)ccc1OCc1nc(C2CC2)no1. The third-order valence-corrected chi connectivity index (χ3v) is 3.69. The normalized spacial score (nSPS) is 16.1. The molecule has 3 rings (SSSR count). The van der Waals surface area contributed by atoms with Gasteiger partial charge in [-0.25, -0.2) is 0 Å². The van der Waals surface area contributed by atoms with Gasteiger partial charge in [-0.15, -0.1) is 0 Å². The molecule has 1 heterocycles. The highest BCUT2D eigenvalue weighted by Gasteiger charge is 2.28. The van der Waals surface area contributed by atoms with E-state index in [4.69, 9.17) is 9.26 Å². The van der Waals surface area contributed by atoms with E-state index >= 15 is 0 Å². The topological polar surface area (TPSA) is 68.4 Å². The van der Waals surface area contributed by atoms with Gasteiger partial charge in [0.25, 0.3) is 5.89 Å². The fourth-order valence-electron chi connectivity index (χ4n) is 1.95. The van der Waals surface area contributed by atoms with Crippen molar-refractivity contribution in [3.8, 4) is 5.75 Å². The first kappa shape index (κ1) is 13.6. The number of halogens is 1. The van der Waals surface area contributed by atoms with Crippen molar-refractivity contribution in [1.82, 2.24) is 10.1 Å². The summed E-state index contributed by atoms with van der Waals surface area (Å²) >= 11 is 3.38. The van der Waals surface area contributed by atoms with E-state index in [-0.39, 0.29) is 6.61 Å². The van der Waals surface area contributed by atoms with Crippen molar-refractivity contribution in [3.05, 3.63) is 40.0 Å². The molecule has 106 valence electrons. The molecule has 1 aromatic carbocycles. The van der Waals surface area contributed by atoms with Gasteiger partial charge in [-0.2, -0.15) is 4.98 Å². The lowest BCUT2D eigenvalue weighted by Crippen LogP contribution is -2.01. The second-order valence-electron chi connectivity index (χ2n) is 4.97. The molecule has 0 bridgehead atoms. The third-order valence-electron chi connectivity index (χ3n) is 3.20. The highest BCUT2D eigenvalue weighted by atomic mass is 79.9. The molecule has 1 atom stereocenters. The third kappa shape index (κ3) is 3.02. The summed E-state index contributed by atoms with van der Waals surface area (Å²) in [6, 6.07) is 5.51. The van der Waals surface area contributed by atoms with Crippen LogP contribution in [0.3, 0.4) is 0 Å². The van der Waals surface area contributed by atoms with Crippen LogP contribution in [-0.2, 0) is 6.61 Å². The molecule has 5 nitrogen and oxygen atoms in total. The van der Waals surface area contributed by atoms with Crippen LogP contribution in [0, 0.1) is 0 Å². The summed E-state index contributed by atoms with van der Waals surface area (Å²) in [4.78, 5) is 4.30. The van der Waals surface area contributed by atoms with E-state index in [1.54, 1.807) is 6.92 Å². The Morgan fingerprint density at radius 3 is 3.00 bits per heavy atom. The lowest BCUT2D eigenvalue weighted by molar-refractivity contribution is 0.185. The average Bonchev–Trinajstić information content (AvgIpc) is 3.17. The first-order valence-electron chi connectivity index (χ1n) is 6.56. The van der Waals surface area contributed by atoms with E-state index in [2.05, 4.69) is 26.1 Å². The number of hydrogen-bond donors (Lipinski definition) is 1. The van der Waals surface area contributed by atoms with Crippen LogP contribution < -0.4 is 4.74 Å². The van der Waals surface area contributed by atoms with Gasteiger partial charge in [0, 0.05) is 16.0 Å². The van der Waals surface area contributed by atoms with Crippen molar-refractivity contribution in [1.29, 1.82) is 0 Å². The van der Waals surface area contributed by atoms with E-state index in [1.165, 1.54) is 0 Å². The molecular weight excluding hydrogens is 324 g/mol. The Bertz CT molecular complexity index is 608. The number of benzene rings is 1. The number of nitrogens with zero attached hydrogens (tertiary/aromatic N) is 2. The molecule has 0 saturated heterocycles. The highest BCUT2D eigenvalue weighted by Crippen LogP contribution is 2.38. The first-order chi connectivity index (χ1) is 9.63. The maximum atomic E-state index is 9.76. The second kappa shape index (κ2) is 5.54. The van der Waals surface area contributed by atoms with Crippen molar-refractivity contribution in [2.24, 2.45) is 0 Å². The summed E-state index contributed by atoms with van der Waals surface area (Å²) in [5, 5.41) is 13.7. The zero-order chi connectivity index (χ0) is 14.1. The van der Waals surface area contributed by atoms with E-state index < -0.39 is 6.10 Å². The Hall–Kier alpha value is -1.40. The van der Waals surface area contributed by atoms with Crippen molar-refractivity contribution >= 4 is 15.9 Å². The molecule has 2 aromatic rings. The standard InChI is InChI=1S/C14H15BrN2O3/c1-8(18)11-6-10(15)4-5-12(11)19-7-13-16-14(17-20-13)9-2-3-9/h4-6,8-9,18H,2-3,7H2,1H3/t8-/m1/s1. The first-order valence-corrected chi connectivity index (χ1v) is 7.35. The Morgan fingerprint density at radius 1 is 1.50 bits per heavy atom. The van der Waals surface area contributed by atoms with Gasteiger partial charge >= 0.3 is 0 Å². The Labute approximate surface area is 125 Å². The number of aliphatic hydroxyl groups is 1. The van der Waals surface area contributed by atoms with Crippen LogP contribution in [0.4, 0.5) is 0 Å². The van der Waals surface area contributed by atoms with Gasteiger partial charge in [-0.3, -0.25) is 0 Å². The summed E-state index contributed by atoms with van der Waals surface area (Å²) in [6.07, 6.45) is 1.67. The van der Waals surface area contributed by atoms with Gasteiger partial charge in [-0.05, 0) is 38.0 Å². The van der Waals surface area contributed by atoms with E-state index in [9.17, 15) is 5.11 Å². The molecule has 1 aliphatic carbocycles. The van der Waals surface area contributed by atoms with Crippen LogP contribution in [-0.4, -0.2) is 15.2 Å². The monoisotopic (exact) mass is 338 g/mol. The summed E-state index contributed by atoms with van der Waals surface area (Å²) in [5.74, 6) is 2.32. The lowest BCUT2D eigenvalue weighted by atomic mass is 10.1. The van der Waals surface area contributed by atoms with Gasteiger partial charge in [0.1, 0.15) is 5.75 Å². The number of aliphatic hydroxyl groups excluding tert-OH is 1. The lowest BCUT2D eigenvalue weighted by Gasteiger charge is -2.12. The van der Waals surface area contributed by atoms with E-state index in [0.717, 1.165) is 28.7 Å². The summed E-state index contributed by atoms with van der Waals surface area (Å²) in [6.45, 7) is 1.91. The molecule has 0 radical (unpaired) electrons. The number of ether oxygens (including phenoxy) is 1. The minimum atomic E-state index is -0.604. The minimum Gasteiger partial charge on any atom is -0.483 e. The molecule has 1 aliphatic rings. The van der Waals surface area contributed by atoms with Gasteiger partial charge in [-0.1, -0.05) is 21.1 Å². The second-order valence-corrected chi connectivity index (χ2v) is 5.88. The van der Waals surface area contributed by atoms with Gasteiger partial charge in [0.05, 0.1) is 6.10 Å². The number of hydrogen-bond acceptors (Lipinski definition) is 5. The maximum Gasteiger partial charge on any atom is 0.264 e. The number of aromatic nitrogens is 2. The quantitative estimate of drug-likeness (QED) is 0.905. The predicted molar refractivity (Wildman–Crippen MR) is 75.4 cm³/mol. The van der Waals surface area contributed by atoms with Crippen molar-refractivity contribution in [3.63, 3.8) is 0 Å². The summed E-state index contributed by atoms with van der Waals surface area (Å²) in [5.41, 5.74) is 0.723. The Kier molecular flexibility index (Phi) is 3.76. The minimum absolute atomic E-state index is 0.209. The Morgan fingerprint density at radius 2 is 2.30 bits per heavy atom. The van der Waals surface area contributed by atoms with Crippen molar-refractivity contribution < 1.29 is 14.4 Å². The maximum absolute atomic E-state index is 9.76. The molecule has 1 saturated carbocycles. The average molecular weight is 339 g/mol. The van der Waals surface area contributed by atoms with E-state index in [1.807, 2.05) is 18.2 Å². The largest absolute Gasteiger partial charge is 0.483 e. The van der Waals surface area contributed by atoms with Crippen LogP contribution in [0.25, 0.3) is 0 Å². The molecule has 0 unspecified atom stereocenters. The molecule has 1 fully saturated rings. The molecule has 20 heavy (non-hydrogen) atoms. The molecule has 1 N–H and O–H groups in total. The number of rotatable bonds is 5. The smallest absolute Gasteiger partial charge is 0.264 e. The zero-order valence-electron chi connectivity index (χ0n) is 11.0. The molecule has 6 heteroatoms. The molecule has 0 aliphatic heterocycles. The van der Waals surface area contributed by atoms with Gasteiger partial charge < -0.3 is 14.4 Å². The van der Waals surface area contributed by atoms with Gasteiger partial charge in [0.2, 0.25) is 0 Å². The zero-order valence-corrected chi connectivity index (χ0v) is 12.6. The predicted octanol–water partition coefficient (Wildman–Crippen LogP) is 3.34. The van der Waals surface area contributed by atoms with Crippen LogP contribution in [0.5, 0.6) is 5.75 Å². The van der Waals surface area contributed by atoms with Crippen LogP contribution >= 0.6 is 15.9 Å². The van der Waals surface area contributed by atoms with E-state index in [0.29, 0.717) is 17.6 Å². The molecule has 1 aromatic heterocycles. The Balaban J connectivity index is 1.70. The van der Waals surface area contributed by atoms with Crippen LogP contribution in [0.1, 0.15) is 49.1 Å². The highest BCUT2D eigenvalue weighted by molar-refractivity contribution is 9.10.